The van der Waals surface area contributed by atoms with Gasteiger partial charge in [-0.05, 0) is 36.8 Å². The monoisotopic (exact) mass is 271 g/mol. The van der Waals surface area contributed by atoms with Gasteiger partial charge in [-0.15, -0.1) is 0 Å². The van der Waals surface area contributed by atoms with Crippen LogP contribution in [0, 0.1) is 12.7 Å². The van der Waals surface area contributed by atoms with Crippen LogP contribution in [0.3, 0.4) is 0 Å². The SMILES string of the molecule is COc1ccc2nc(N)n(-c3cc(C)ccc3F)c2c1. The maximum Gasteiger partial charge on any atom is 0.206 e. The first-order valence-electron chi connectivity index (χ1n) is 6.18. The number of aryl methyl sites for hydroxylation is 1. The van der Waals surface area contributed by atoms with Gasteiger partial charge in [0, 0.05) is 6.07 Å². The number of hydrogen-bond acceptors (Lipinski definition) is 3. The maximum absolute atomic E-state index is 14.1. The molecule has 4 nitrogen and oxygen atoms in total. The summed E-state index contributed by atoms with van der Waals surface area (Å²) in [7, 11) is 1.58. The fourth-order valence-corrected chi connectivity index (χ4v) is 2.25. The first-order chi connectivity index (χ1) is 9.60. The normalized spacial score (nSPS) is 10.9. The zero-order chi connectivity index (χ0) is 14.3. The highest BCUT2D eigenvalue weighted by Gasteiger charge is 2.14. The van der Waals surface area contributed by atoms with Crippen LogP contribution >= 0.6 is 0 Å². The summed E-state index contributed by atoms with van der Waals surface area (Å²) in [5.74, 6) is 0.578. The molecule has 0 saturated heterocycles. The number of hydrogen-bond donors (Lipinski definition) is 1. The molecule has 102 valence electrons. The number of nitrogen functional groups attached to an aromatic ring is 1. The summed E-state index contributed by atoms with van der Waals surface area (Å²) < 4.78 is 20.9. The molecule has 0 atom stereocenters. The lowest BCUT2D eigenvalue weighted by molar-refractivity contribution is 0.415. The van der Waals surface area contributed by atoms with Crippen LogP contribution in [0.2, 0.25) is 0 Å². The van der Waals surface area contributed by atoms with E-state index in [1.54, 1.807) is 42.0 Å². The van der Waals surface area contributed by atoms with E-state index in [4.69, 9.17) is 10.5 Å². The van der Waals surface area contributed by atoms with E-state index in [0.717, 1.165) is 5.56 Å². The zero-order valence-electron chi connectivity index (χ0n) is 11.2. The average molecular weight is 271 g/mol. The van der Waals surface area contributed by atoms with Crippen LogP contribution in [0.1, 0.15) is 5.56 Å². The molecule has 0 amide bonds. The molecule has 0 aliphatic carbocycles. The van der Waals surface area contributed by atoms with Crippen LogP contribution in [0.15, 0.2) is 36.4 Å². The van der Waals surface area contributed by atoms with Gasteiger partial charge in [0.25, 0.3) is 0 Å². The lowest BCUT2D eigenvalue weighted by Gasteiger charge is -2.09. The lowest BCUT2D eigenvalue weighted by atomic mass is 10.2. The standard InChI is InChI=1S/C15H14FN3O/c1-9-3-5-11(16)13(7-9)19-14-8-10(20-2)4-6-12(14)18-15(19)17/h3-8H,1-2H3,(H2,17,18). The van der Waals surface area contributed by atoms with Gasteiger partial charge in [0.2, 0.25) is 5.95 Å². The Balaban J connectivity index is 2.34. The Hall–Kier alpha value is -2.56. The number of halogens is 1. The Kier molecular flexibility index (Phi) is 2.82. The van der Waals surface area contributed by atoms with Crippen LogP contribution in [0.5, 0.6) is 5.75 Å². The van der Waals surface area contributed by atoms with Crippen molar-refractivity contribution in [2.75, 3.05) is 12.8 Å². The highest BCUT2D eigenvalue weighted by atomic mass is 19.1. The van der Waals surface area contributed by atoms with Crippen molar-refractivity contribution in [1.82, 2.24) is 9.55 Å². The molecule has 20 heavy (non-hydrogen) atoms. The van der Waals surface area contributed by atoms with Crippen molar-refractivity contribution in [2.45, 2.75) is 6.92 Å². The van der Waals surface area contributed by atoms with Gasteiger partial charge in [0.1, 0.15) is 11.6 Å². The Bertz CT molecular complexity index is 795. The molecule has 2 N–H and O–H groups in total. The fourth-order valence-electron chi connectivity index (χ4n) is 2.25. The summed E-state index contributed by atoms with van der Waals surface area (Å²) in [6.07, 6.45) is 0. The molecular weight excluding hydrogens is 257 g/mol. The number of benzene rings is 2. The molecule has 0 aliphatic heterocycles. The Labute approximate surface area is 115 Å². The second-order valence-corrected chi connectivity index (χ2v) is 4.61. The fraction of sp³-hybridized carbons (Fsp3) is 0.133. The number of nitrogens with two attached hydrogens (primary N) is 1. The summed E-state index contributed by atoms with van der Waals surface area (Å²) in [5.41, 5.74) is 8.69. The van der Waals surface area contributed by atoms with Crippen LogP contribution in [-0.2, 0) is 0 Å². The smallest absolute Gasteiger partial charge is 0.206 e. The third kappa shape index (κ3) is 1.87. The molecule has 3 aromatic rings. The van der Waals surface area contributed by atoms with E-state index in [1.807, 2.05) is 6.92 Å². The average Bonchev–Trinajstić information content (AvgIpc) is 2.76. The first kappa shape index (κ1) is 12.5. The Morgan fingerprint density at radius 1 is 1.20 bits per heavy atom. The minimum Gasteiger partial charge on any atom is -0.497 e. The third-order valence-electron chi connectivity index (χ3n) is 3.23. The van der Waals surface area contributed by atoms with E-state index in [1.165, 1.54) is 6.07 Å². The van der Waals surface area contributed by atoms with Gasteiger partial charge < -0.3 is 10.5 Å². The molecule has 0 bridgehead atoms. The number of nitrogens with zero attached hydrogens (tertiary/aromatic N) is 2. The van der Waals surface area contributed by atoms with Gasteiger partial charge in [-0.25, -0.2) is 9.37 Å². The predicted molar refractivity (Wildman–Crippen MR) is 76.7 cm³/mol. The number of rotatable bonds is 2. The van der Waals surface area contributed by atoms with Crippen molar-refractivity contribution in [3.8, 4) is 11.4 Å². The minimum absolute atomic E-state index is 0.248. The van der Waals surface area contributed by atoms with Gasteiger partial charge >= 0.3 is 0 Å². The van der Waals surface area contributed by atoms with Crippen LogP contribution in [0.4, 0.5) is 10.3 Å². The molecule has 2 aromatic carbocycles. The van der Waals surface area contributed by atoms with Crippen molar-refractivity contribution >= 4 is 17.0 Å². The molecule has 1 aromatic heterocycles. The number of anilines is 1. The van der Waals surface area contributed by atoms with Gasteiger partial charge in [-0.1, -0.05) is 6.07 Å². The third-order valence-corrected chi connectivity index (χ3v) is 3.23. The van der Waals surface area contributed by atoms with Crippen LogP contribution in [0.25, 0.3) is 16.7 Å². The Morgan fingerprint density at radius 2 is 2.00 bits per heavy atom. The maximum atomic E-state index is 14.1. The van der Waals surface area contributed by atoms with E-state index in [2.05, 4.69) is 4.98 Å². The molecule has 0 spiro atoms. The first-order valence-corrected chi connectivity index (χ1v) is 6.18. The van der Waals surface area contributed by atoms with Gasteiger partial charge in [-0.2, -0.15) is 0 Å². The molecular formula is C15H14FN3O. The van der Waals surface area contributed by atoms with Crippen molar-refractivity contribution in [3.05, 3.63) is 47.8 Å². The number of methoxy groups -OCH3 is 1. The molecule has 0 aliphatic rings. The zero-order valence-corrected chi connectivity index (χ0v) is 11.2. The number of ether oxygens (including phenoxy) is 1. The molecule has 3 rings (SSSR count). The summed E-state index contributed by atoms with van der Waals surface area (Å²) in [5, 5.41) is 0. The Morgan fingerprint density at radius 3 is 2.75 bits per heavy atom. The summed E-state index contributed by atoms with van der Waals surface area (Å²) in [4.78, 5) is 4.25. The minimum atomic E-state index is -0.343. The molecule has 0 radical (unpaired) electrons. The van der Waals surface area contributed by atoms with Gasteiger partial charge in [0.15, 0.2) is 0 Å². The predicted octanol–water partition coefficient (Wildman–Crippen LogP) is 3.06. The molecule has 5 heteroatoms. The lowest BCUT2D eigenvalue weighted by Crippen LogP contribution is -2.03. The van der Waals surface area contributed by atoms with E-state index < -0.39 is 0 Å². The highest BCUT2D eigenvalue weighted by Crippen LogP contribution is 2.28. The van der Waals surface area contributed by atoms with Crippen molar-refractivity contribution < 1.29 is 9.13 Å². The van der Waals surface area contributed by atoms with Gasteiger partial charge in [-0.3, -0.25) is 4.57 Å². The van der Waals surface area contributed by atoms with E-state index in [0.29, 0.717) is 22.5 Å². The van der Waals surface area contributed by atoms with Crippen LogP contribution in [-0.4, -0.2) is 16.7 Å². The topological polar surface area (TPSA) is 53.1 Å². The number of fused-ring (bicyclic) bond motifs is 1. The molecule has 0 unspecified atom stereocenters. The second-order valence-electron chi connectivity index (χ2n) is 4.61. The van der Waals surface area contributed by atoms with Crippen LogP contribution < -0.4 is 10.5 Å². The van der Waals surface area contributed by atoms with Crippen molar-refractivity contribution in [2.24, 2.45) is 0 Å². The molecule has 0 fully saturated rings. The second kappa shape index (κ2) is 4.52. The summed E-state index contributed by atoms with van der Waals surface area (Å²) in [6.45, 7) is 1.90. The summed E-state index contributed by atoms with van der Waals surface area (Å²) in [6, 6.07) is 10.3. The number of imidazole rings is 1. The van der Waals surface area contributed by atoms with E-state index in [-0.39, 0.29) is 11.8 Å². The quantitative estimate of drug-likeness (QED) is 0.779. The molecule has 0 saturated carbocycles. The van der Waals surface area contributed by atoms with E-state index in [9.17, 15) is 4.39 Å². The van der Waals surface area contributed by atoms with E-state index >= 15 is 0 Å². The molecule has 1 heterocycles. The largest absolute Gasteiger partial charge is 0.497 e. The highest BCUT2D eigenvalue weighted by molar-refractivity contribution is 5.82. The summed E-state index contributed by atoms with van der Waals surface area (Å²) >= 11 is 0. The number of aromatic nitrogens is 2. The van der Waals surface area contributed by atoms with Crippen molar-refractivity contribution in [3.63, 3.8) is 0 Å². The van der Waals surface area contributed by atoms with Crippen molar-refractivity contribution in [1.29, 1.82) is 0 Å². The van der Waals surface area contributed by atoms with Gasteiger partial charge in [0.05, 0.1) is 23.8 Å².